The van der Waals surface area contributed by atoms with Crippen LogP contribution in [-0.2, 0) is 5.54 Å². The van der Waals surface area contributed by atoms with Gasteiger partial charge >= 0.3 is 0 Å². The van der Waals surface area contributed by atoms with Gasteiger partial charge in [-0.3, -0.25) is 0 Å². The molecule has 0 unspecified atom stereocenters. The molecule has 3 nitrogen and oxygen atoms in total. The second-order valence-corrected chi connectivity index (χ2v) is 3.40. The van der Waals surface area contributed by atoms with Gasteiger partial charge in [-0.25, -0.2) is 4.98 Å². The Morgan fingerprint density at radius 2 is 2.31 bits per heavy atom. The molecule has 0 amide bonds. The third-order valence-electron chi connectivity index (χ3n) is 2.02. The number of hydrogen-bond donors (Lipinski definition) is 2. The van der Waals surface area contributed by atoms with Gasteiger partial charge in [0.25, 0.3) is 0 Å². The average Bonchev–Trinajstić information content (AvgIpc) is 2.03. The van der Waals surface area contributed by atoms with E-state index in [-0.39, 0.29) is 6.61 Å². The summed E-state index contributed by atoms with van der Waals surface area (Å²) in [7, 11) is 0. The van der Waals surface area contributed by atoms with Crippen LogP contribution in [0.3, 0.4) is 0 Å². The van der Waals surface area contributed by atoms with Crippen LogP contribution in [0.2, 0.25) is 0 Å². The predicted octanol–water partition coefficient (Wildman–Crippen LogP) is 0.695. The maximum absolute atomic E-state index is 12.6. The van der Waals surface area contributed by atoms with Gasteiger partial charge in [0.2, 0.25) is 5.95 Å². The lowest BCUT2D eigenvalue weighted by atomic mass is 9.92. The van der Waals surface area contributed by atoms with E-state index in [1.165, 1.54) is 12.3 Å². The summed E-state index contributed by atoms with van der Waals surface area (Å²) in [5.41, 5.74) is 6.28. The van der Waals surface area contributed by atoms with Crippen molar-refractivity contribution in [2.45, 2.75) is 19.4 Å². The molecule has 4 heteroatoms. The lowest BCUT2D eigenvalue weighted by Crippen LogP contribution is -2.37. The van der Waals surface area contributed by atoms with Gasteiger partial charge in [-0.05, 0) is 31.0 Å². The summed E-state index contributed by atoms with van der Waals surface area (Å²) in [6.45, 7) is 3.22. The topological polar surface area (TPSA) is 59.1 Å². The first kappa shape index (κ1) is 10.1. The fourth-order valence-electron chi connectivity index (χ4n) is 1.20. The summed E-state index contributed by atoms with van der Waals surface area (Å²) in [6, 6.07) is 1.30. The third kappa shape index (κ3) is 2.02. The summed E-state index contributed by atoms with van der Waals surface area (Å²) in [4.78, 5) is 3.50. The van der Waals surface area contributed by atoms with Crippen LogP contribution in [0.1, 0.15) is 18.1 Å². The molecule has 1 heterocycles. The maximum Gasteiger partial charge on any atom is 0.213 e. The molecule has 0 aliphatic heterocycles. The number of aliphatic hydroxyl groups excluding tert-OH is 1. The molecule has 0 aliphatic rings. The lowest BCUT2D eigenvalue weighted by Gasteiger charge is -2.23. The van der Waals surface area contributed by atoms with E-state index in [0.717, 1.165) is 0 Å². The smallest absolute Gasteiger partial charge is 0.213 e. The van der Waals surface area contributed by atoms with E-state index in [1.807, 2.05) is 0 Å². The molecule has 1 rings (SSSR count). The van der Waals surface area contributed by atoms with Crippen LogP contribution in [-0.4, -0.2) is 16.7 Å². The van der Waals surface area contributed by atoms with Crippen molar-refractivity contribution < 1.29 is 9.50 Å². The molecule has 13 heavy (non-hydrogen) atoms. The van der Waals surface area contributed by atoms with Crippen LogP contribution in [0.15, 0.2) is 12.3 Å². The number of aryl methyl sites for hydroxylation is 1. The second kappa shape index (κ2) is 3.40. The van der Waals surface area contributed by atoms with Crippen LogP contribution in [0, 0.1) is 12.9 Å². The van der Waals surface area contributed by atoms with Crippen molar-refractivity contribution >= 4 is 0 Å². The van der Waals surface area contributed by atoms with Gasteiger partial charge in [-0.15, -0.1) is 0 Å². The van der Waals surface area contributed by atoms with E-state index < -0.39 is 11.5 Å². The second-order valence-electron chi connectivity index (χ2n) is 3.40. The fourth-order valence-corrected chi connectivity index (χ4v) is 1.20. The Bertz CT molecular complexity index is 312. The molecular formula is C9H13FN2O. The molecule has 0 radical (unpaired) electrons. The Hall–Kier alpha value is -1.00. The zero-order valence-corrected chi connectivity index (χ0v) is 7.71. The molecule has 0 bridgehead atoms. The van der Waals surface area contributed by atoms with Crippen LogP contribution < -0.4 is 5.73 Å². The van der Waals surface area contributed by atoms with E-state index in [9.17, 15) is 4.39 Å². The summed E-state index contributed by atoms with van der Waals surface area (Å²) in [6.07, 6.45) is 1.36. The van der Waals surface area contributed by atoms with Gasteiger partial charge in [0, 0.05) is 6.20 Å². The third-order valence-corrected chi connectivity index (χ3v) is 2.02. The number of hydrogen-bond acceptors (Lipinski definition) is 3. The van der Waals surface area contributed by atoms with E-state index >= 15 is 0 Å². The standard InChI is InChI=1S/C9H13FN2O/c1-6-3-8(10)12-4-7(6)9(2,11)5-13/h3-4,13H,5,11H2,1-2H3/t9-/m1/s1. The minimum absolute atomic E-state index is 0.193. The average molecular weight is 184 g/mol. The fraction of sp³-hybridized carbons (Fsp3) is 0.444. The van der Waals surface area contributed by atoms with Crippen molar-refractivity contribution in [2.75, 3.05) is 6.61 Å². The number of halogens is 1. The highest BCUT2D eigenvalue weighted by atomic mass is 19.1. The summed E-state index contributed by atoms with van der Waals surface area (Å²) < 4.78 is 12.6. The van der Waals surface area contributed by atoms with Gasteiger partial charge in [0.1, 0.15) is 0 Å². The number of aliphatic hydroxyl groups is 1. The first-order chi connectivity index (χ1) is 5.97. The lowest BCUT2D eigenvalue weighted by molar-refractivity contribution is 0.209. The summed E-state index contributed by atoms with van der Waals surface area (Å²) in [5.74, 6) is -0.532. The van der Waals surface area contributed by atoms with Gasteiger partial charge in [-0.2, -0.15) is 4.39 Å². The number of nitrogens with zero attached hydrogens (tertiary/aromatic N) is 1. The number of aromatic nitrogens is 1. The summed E-state index contributed by atoms with van der Waals surface area (Å²) in [5, 5.41) is 8.99. The predicted molar refractivity (Wildman–Crippen MR) is 47.6 cm³/mol. The minimum Gasteiger partial charge on any atom is -0.394 e. The number of rotatable bonds is 2. The Kier molecular flexibility index (Phi) is 2.63. The maximum atomic E-state index is 12.6. The van der Waals surface area contributed by atoms with Crippen LogP contribution in [0.4, 0.5) is 4.39 Å². The first-order valence-electron chi connectivity index (χ1n) is 4.00. The quantitative estimate of drug-likeness (QED) is 0.665. The number of nitrogens with two attached hydrogens (primary N) is 1. The van der Waals surface area contributed by atoms with Gasteiger partial charge in [0.05, 0.1) is 12.1 Å². The normalized spacial score (nSPS) is 15.5. The molecule has 1 aromatic rings. The van der Waals surface area contributed by atoms with Crippen molar-refractivity contribution in [1.29, 1.82) is 0 Å². The first-order valence-corrected chi connectivity index (χ1v) is 4.00. The molecular weight excluding hydrogens is 171 g/mol. The van der Waals surface area contributed by atoms with E-state index in [4.69, 9.17) is 10.8 Å². The molecule has 1 aromatic heterocycles. The van der Waals surface area contributed by atoms with Crippen LogP contribution in [0.5, 0.6) is 0 Å². The van der Waals surface area contributed by atoms with Crippen LogP contribution >= 0.6 is 0 Å². The zero-order chi connectivity index (χ0) is 10.1. The summed E-state index contributed by atoms with van der Waals surface area (Å²) >= 11 is 0. The van der Waals surface area contributed by atoms with E-state index in [1.54, 1.807) is 13.8 Å². The largest absolute Gasteiger partial charge is 0.394 e. The zero-order valence-electron chi connectivity index (χ0n) is 7.71. The van der Waals surface area contributed by atoms with Crippen molar-refractivity contribution in [2.24, 2.45) is 5.73 Å². The number of pyridine rings is 1. The molecule has 0 aliphatic carbocycles. The van der Waals surface area contributed by atoms with E-state index in [2.05, 4.69) is 4.98 Å². The molecule has 1 atom stereocenters. The SMILES string of the molecule is Cc1cc(F)ncc1[C@](C)(N)CO. The van der Waals surface area contributed by atoms with Crippen molar-refractivity contribution in [3.63, 3.8) is 0 Å². The van der Waals surface area contributed by atoms with Gasteiger partial charge in [-0.1, -0.05) is 0 Å². The molecule has 0 spiro atoms. The molecule has 0 saturated heterocycles. The van der Waals surface area contributed by atoms with Crippen molar-refractivity contribution in [3.8, 4) is 0 Å². The van der Waals surface area contributed by atoms with Crippen molar-refractivity contribution in [1.82, 2.24) is 4.98 Å². The van der Waals surface area contributed by atoms with Crippen molar-refractivity contribution in [3.05, 3.63) is 29.3 Å². The molecule has 0 fully saturated rings. The van der Waals surface area contributed by atoms with Gasteiger partial charge in [0.15, 0.2) is 0 Å². The molecule has 72 valence electrons. The molecule has 0 saturated carbocycles. The van der Waals surface area contributed by atoms with Crippen LogP contribution in [0.25, 0.3) is 0 Å². The highest BCUT2D eigenvalue weighted by Crippen LogP contribution is 2.20. The Balaban J connectivity index is 3.16. The Morgan fingerprint density at radius 1 is 1.69 bits per heavy atom. The molecule has 3 N–H and O–H groups in total. The highest BCUT2D eigenvalue weighted by Gasteiger charge is 2.22. The monoisotopic (exact) mass is 184 g/mol. The highest BCUT2D eigenvalue weighted by molar-refractivity contribution is 5.29. The van der Waals surface area contributed by atoms with E-state index in [0.29, 0.717) is 11.1 Å². The minimum atomic E-state index is -0.856. The molecule has 0 aromatic carbocycles. The Labute approximate surface area is 76.4 Å². The van der Waals surface area contributed by atoms with Gasteiger partial charge < -0.3 is 10.8 Å². The Morgan fingerprint density at radius 3 is 2.77 bits per heavy atom.